The Hall–Kier alpha value is -3.56. The average Bonchev–Trinajstić information content (AvgIpc) is 3.26. The fourth-order valence-corrected chi connectivity index (χ4v) is 5.36. The normalized spacial score (nSPS) is 17.6. The summed E-state index contributed by atoms with van der Waals surface area (Å²) in [6.07, 6.45) is 5.24. The zero-order valence-corrected chi connectivity index (χ0v) is 22.9. The summed E-state index contributed by atoms with van der Waals surface area (Å²) >= 11 is 1.70. The molecule has 38 heavy (non-hydrogen) atoms. The van der Waals surface area contributed by atoms with Crippen LogP contribution in [0.4, 0.5) is 22.1 Å². The van der Waals surface area contributed by atoms with Crippen molar-refractivity contribution in [2.45, 2.75) is 44.9 Å². The molecule has 3 amide bonds. The highest BCUT2D eigenvalue weighted by atomic mass is 32.2. The molecule has 0 bridgehead atoms. The standard InChI is InChI=1S/C26H33N7O4S/c1-16(15-38-4)29-20-11-22(28-13-19(20)12-27)30-26(35)33-8-5-6-17-10-18(24(37-3)31-23(17)33)14-32-9-7-21(36-2)25(32)34/h10-11,13,16,21H,5-9,14-15H2,1-4H3,(H2,28,29,30,35)/t16-,21-/m1/s1. The van der Waals surface area contributed by atoms with Gasteiger partial charge in [0.15, 0.2) is 0 Å². The van der Waals surface area contributed by atoms with Crippen LogP contribution >= 0.6 is 11.8 Å². The number of thioether (sulfide) groups is 1. The van der Waals surface area contributed by atoms with E-state index in [2.05, 4.69) is 26.7 Å². The molecule has 4 rings (SSSR count). The molecule has 1 fully saturated rings. The third kappa shape index (κ3) is 5.95. The van der Waals surface area contributed by atoms with Gasteiger partial charge in [0.2, 0.25) is 5.88 Å². The van der Waals surface area contributed by atoms with Crippen molar-refractivity contribution in [2.75, 3.05) is 54.9 Å². The summed E-state index contributed by atoms with van der Waals surface area (Å²) in [6.45, 7) is 3.50. The number of likely N-dealkylation sites (tertiary alicyclic amines) is 1. The number of amides is 3. The molecule has 2 aliphatic rings. The van der Waals surface area contributed by atoms with Crippen LogP contribution < -0.4 is 20.3 Å². The molecule has 1 saturated heterocycles. The lowest BCUT2D eigenvalue weighted by molar-refractivity contribution is -0.136. The highest BCUT2D eigenvalue weighted by molar-refractivity contribution is 7.98. The molecule has 202 valence electrons. The van der Waals surface area contributed by atoms with Crippen molar-refractivity contribution in [2.24, 2.45) is 0 Å². The summed E-state index contributed by atoms with van der Waals surface area (Å²) in [7, 11) is 3.08. The highest BCUT2D eigenvalue weighted by Gasteiger charge is 2.33. The topological polar surface area (TPSA) is 133 Å². The molecule has 2 N–H and O–H groups in total. The van der Waals surface area contributed by atoms with Gasteiger partial charge in [-0.1, -0.05) is 0 Å². The minimum Gasteiger partial charge on any atom is -0.481 e. The smallest absolute Gasteiger partial charge is 0.328 e. The molecule has 0 unspecified atom stereocenters. The number of hydrogen-bond donors (Lipinski definition) is 2. The van der Waals surface area contributed by atoms with Crippen molar-refractivity contribution in [1.29, 1.82) is 5.26 Å². The van der Waals surface area contributed by atoms with E-state index in [9.17, 15) is 14.9 Å². The van der Waals surface area contributed by atoms with Gasteiger partial charge in [0, 0.05) is 56.2 Å². The Balaban J connectivity index is 1.54. The fourth-order valence-electron chi connectivity index (χ4n) is 4.77. The molecule has 2 aromatic heterocycles. The van der Waals surface area contributed by atoms with Crippen LogP contribution in [0.5, 0.6) is 5.88 Å². The van der Waals surface area contributed by atoms with Gasteiger partial charge in [0.05, 0.1) is 24.9 Å². The quantitative estimate of drug-likeness (QED) is 0.493. The van der Waals surface area contributed by atoms with E-state index >= 15 is 0 Å². The molecule has 0 spiro atoms. The first kappa shape index (κ1) is 27.5. The van der Waals surface area contributed by atoms with E-state index < -0.39 is 6.10 Å². The van der Waals surface area contributed by atoms with Crippen molar-refractivity contribution >= 4 is 41.0 Å². The van der Waals surface area contributed by atoms with Crippen LogP contribution in [-0.4, -0.2) is 78.3 Å². The number of pyridine rings is 2. The predicted octanol–water partition coefficient (Wildman–Crippen LogP) is 3.25. The van der Waals surface area contributed by atoms with Crippen LogP contribution in [0.2, 0.25) is 0 Å². The SMILES string of the molecule is COc1nc2c(cc1CN1CC[C@@H](OC)C1=O)CCCN2C(=O)Nc1cc(N[C@H](C)CSC)c(C#N)cn1. The van der Waals surface area contributed by atoms with E-state index in [0.717, 1.165) is 29.7 Å². The summed E-state index contributed by atoms with van der Waals surface area (Å²) < 4.78 is 10.8. The Bertz CT molecular complexity index is 1230. The maximum Gasteiger partial charge on any atom is 0.328 e. The zero-order valence-electron chi connectivity index (χ0n) is 22.1. The van der Waals surface area contributed by atoms with E-state index in [1.165, 1.54) is 13.3 Å². The number of fused-ring (bicyclic) bond motifs is 1. The summed E-state index contributed by atoms with van der Waals surface area (Å²) in [6, 6.07) is 5.56. The van der Waals surface area contributed by atoms with Gasteiger partial charge in [-0.25, -0.2) is 9.78 Å². The van der Waals surface area contributed by atoms with Gasteiger partial charge in [-0.05, 0) is 37.7 Å². The average molecular weight is 540 g/mol. The number of nitriles is 1. The second-order valence-electron chi connectivity index (χ2n) is 9.33. The fraction of sp³-hybridized carbons (Fsp3) is 0.500. The Morgan fingerprint density at radius 2 is 2.16 bits per heavy atom. The molecule has 0 radical (unpaired) electrons. The van der Waals surface area contributed by atoms with Gasteiger partial charge in [-0.2, -0.15) is 22.0 Å². The maximum absolute atomic E-state index is 13.3. The van der Waals surface area contributed by atoms with Crippen molar-refractivity contribution in [1.82, 2.24) is 14.9 Å². The third-order valence-electron chi connectivity index (χ3n) is 6.61. The first-order chi connectivity index (χ1) is 18.4. The molecule has 2 atom stereocenters. The Morgan fingerprint density at radius 1 is 1.34 bits per heavy atom. The zero-order chi connectivity index (χ0) is 27.2. The molecular formula is C26H33N7O4S. The van der Waals surface area contributed by atoms with Crippen LogP contribution in [0.25, 0.3) is 0 Å². The summed E-state index contributed by atoms with van der Waals surface area (Å²) in [5.74, 6) is 2.07. The molecule has 2 aliphatic heterocycles. The molecule has 12 heteroatoms. The number of anilines is 3. The van der Waals surface area contributed by atoms with Crippen LogP contribution in [0.15, 0.2) is 18.3 Å². The van der Waals surface area contributed by atoms with E-state index in [1.54, 1.807) is 34.7 Å². The number of nitrogens with zero attached hydrogens (tertiary/aromatic N) is 5. The van der Waals surface area contributed by atoms with Crippen LogP contribution in [0.3, 0.4) is 0 Å². The van der Waals surface area contributed by atoms with E-state index in [-0.39, 0.29) is 18.0 Å². The van der Waals surface area contributed by atoms with Gasteiger partial charge < -0.3 is 19.7 Å². The molecule has 11 nitrogen and oxygen atoms in total. The molecular weight excluding hydrogens is 506 g/mol. The Morgan fingerprint density at radius 3 is 2.84 bits per heavy atom. The minimum atomic E-state index is -0.411. The minimum absolute atomic E-state index is 0.0418. The first-order valence-electron chi connectivity index (χ1n) is 12.5. The lowest BCUT2D eigenvalue weighted by Gasteiger charge is -2.29. The van der Waals surface area contributed by atoms with Gasteiger partial charge in [0.25, 0.3) is 5.91 Å². The molecule has 4 heterocycles. The Kier molecular flexibility index (Phi) is 8.91. The monoisotopic (exact) mass is 539 g/mol. The lowest BCUT2D eigenvalue weighted by Crippen LogP contribution is -2.39. The van der Waals surface area contributed by atoms with Crippen LogP contribution in [0, 0.1) is 11.3 Å². The van der Waals surface area contributed by atoms with Gasteiger partial charge >= 0.3 is 6.03 Å². The summed E-state index contributed by atoms with van der Waals surface area (Å²) in [5, 5.41) is 15.6. The third-order valence-corrected chi connectivity index (χ3v) is 7.45. The number of urea groups is 1. The number of hydrogen-bond acceptors (Lipinski definition) is 9. The number of aromatic nitrogens is 2. The van der Waals surface area contributed by atoms with Crippen molar-refractivity contribution in [3.63, 3.8) is 0 Å². The van der Waals surface area contributed by atoms with E-state index in [1.807, 2.05) is 19.2 Å². The van der Waals surface area contributed by atoms with Gasteiger partial charge in [-0.15, -0.1) is 0 Å². The van der Waals surface area contributed by atoms with Crippen molar-refractivity contribution in [3.05, 3.63) is 35.0 Å². The number of carbonyl (C=O) groups is 2. The molecule has 2 aromatic rings. The second-order valence-corrected chi connectivity index (χ2v) is 10.2. The Labute approximate surface area is 226 Å². The summed E-state index contributed by atoms with van der Waals surface area (Å²) in [5.41, 5.74) is 2.74. The largest absolute Gasteiger partial charge is 0.481 e. The molecule has 0 aromatic carbocycles. The summed E-state index contributed by atoms with van der Waals surface area (Å²) in [4.78, 5) is 38.2. The number of methoxy groups -OCH3 is 2. The van der Waals surface area contributed by atoms with Crippen LogP contribution in [0.1, 0.15) is 36.5 Å². The first-order valence-corrected chi connectivity index (χ1v) is 13.9. The van der Waals surface area contributed by atoms with Crippen LogP contribution in [-0.2, 0) is 22.5 Å². The van der Waals surface area contributed by atoms with Gasteiger partial charge in [0.1, 0.15) is 23.8 Å². The number of ether oxygens (including phenoxy) is 2. The second kappa shape index (κ2) is 12.3. The van der Waals surface area contributed by atoms with Crippen molar-refractivity contribution in [3.8, 4) is 11.9 Å². The molecule has 0 aliphatic carbocycles. The predicted molar refractivity (Wildman–Crippen MR) is 147 cm³/mol. The van der Waals surface area contributed by atoms with Gasteiger partial charge in [-0.3, -0.25) is 15.0 Å². The number of nitrogens with one attached hydrogen (secondary N) is 2. The number of rotatable bonds is 9. The van der Waals surface area contributed by atoms with E-state index in [4.69, 9.17) is 9.47 Å². The molecule has 0 saturated carbocycles. The number of carbonyl (C=O) groups excluding carboxylic acids is 2. The highest BCUT2D eigenvalue weighted by Crippen LogP contribution is 2.32. The lowest BCUT2D eigenvalue weighted by atomic mass is 10.0. The van der Waals surface area contributed by atoms with E-state index in [0.29, 0.717) is 54.8 Å². The van der Waals surface area contributed by atoms with Crippen molar-refractivity contribution < 1.29 is 19.1 Å². The number of aryl methyl sites for hydroxylation is 1. The maximum atomic E-state index is 13.3.